The molecule has 0 unspecified atom stereocenters. The summed E-state index contributed by atoms with van der Waals surface area (Å²) in [4.78, 5) is 23.8. The molecule has 0 amide bonds. The van der Waals surface area contributed by atoms with Crippen LogP contribution in [0.5, 0.6) is 11.5 Å². The number of aryl methyl sites for hydroxylation is 2. The molecule has 0 aliphatic rings. The summed E-state index contributed by atoms with van der Waals surface area (Å²) >= 11 is 0. The van der Waals surface area contributed by atoms with Crippen molar-refractivity contribution < 1.29 is 18.7 Å². The maximum atomic E-state index is 12.6. The Hall–Kier alpha value is -3.08. The second-order valence-electron chi connectivity index (χ2n) is 5.78. The Morgan fingerprint density at radius 2 is 1.68 bits per heavy atom. The lowest BCUT2D eigenvalue weighted by molar-refractivity contribution is -0.131. The van der Waals surface area contributed by atoms with Crippen molar-refractivity contribution in [3.8, 4) is 22.6 Å². The van der Waals surface area contributed by atoms with Gasteiger partial charge in [-0.2, -0.15) is 0 Å². The van der Waals surface area contributed by atoms with Gasteiger partial charge in [0, 0.05) is 17.9 Å². The van der Waals surface area contributed by atoms with Gasteiger partial charge in [0.05, 0.1) is 12.7 Å². The molecule has 0 N–H and O–H groups in total. The van der Waals surface area contributed by atoms with E-state index in [0.29, 0.717) is 28.2 Å². The van der Waals surface area contributed by atoms with Crippen LogP contribution in [-0.2, 0) is 4.79 Å². The summed E-state index contributed by atoms with van der Waals surface area (Å²) in [6.07, 6.45) is 0. The number of benzene rings is 2. The molecule has 0 fully saturated rings. The third kappa shape index (κ3) is 3.01. The van der Waals surface area contributed by atoms with Crippen LogP contribution >= 0.6 is 0 Å². The maximum absolute atomic E-state index is 12.6. The average Bonchev–Trinajstić information content (AvgIpc) is 2.58. The van der Waals surface area contributed by atoms with Crippen molar-refractivity contribution in [2.75, 3.05) is 7.11 Å². The Labute approximate surface area is 144 Å². The van der Waals surface area contributed by atoms with E-state index in [1.54, 1.807) is 38.3 Å². The Balaban J connectivity index is 2.22. The largest absolute Gasteiger partial charge is 0.497 e. The summed E-state index contributed by atoms with van der Waals surface area (Å²) in [5, 5.41) is 0.804. The average molecular weight is 338 g/mol. The van der Waals surface area contributed by atoms with Gasteiger partial charge in [-0.3, -0.25) is 4.79 Å². The first-order valence-electron chi connectivity index (χ1n) is 7.82. The molecular formula is C20H18O5. The maximum Gasteiger partial charge on any atom is 0.344 e. The van der Waals surface area contributed by atoms with E-state index in [1.165, 1.54) is 6.92 Å². The van der Waals surface area contributed by atoms with E-state index >= 15 is 0 Å². The lowest BCUT2D eigenvalue weighted by Gasteiger charge is -2.12. The fourth-order valence-electron chi connectivity index (χ4n) is 2.89. The number of rotatable bonds is 3. The summed E-state index contributed by atoms with van der Waals surface area (Å²) in [6.45, 7) is 4.97. The Morgan fingerprint density at radius 1 is 1.00 bits per heavy atom. The molecule has 0 bridgehead atoms. The zero-order valence-corrected chi connectivity index (χ0v) is 14.5. The van der Waals surface area contributed by atoms with E-state index in [-0.39, 0.29) is 0 Å². The van der Waals surface area contributed by atoms with Gasteiger partial charge in [-0.25, -0.2) is 4.79 Å². The quantitative estimate of drug-likeness (QED) is 0.410. The number of carbonyl (C=O) groups excluding carboxylic acids is 1. The SMILES string of the molecule is COc1ccc(-c2c(C)c3ccc(OC(C)=O)c(C)c3oc2=O)cc1. The highest BCUT2D eigenvalue weighted by molar-refractivity contribution is 5.90. The normalized spacial score (nSPS) is 10.7. The van der Waals surface area contributed by atoms with E-state index in [2.05, 4.69) is 0 Å². The predicted octanol–water partition coefficient (Wildman–Crippen LogP) is 4.01. The molecule has 0 aliphatic carbocycles. The highest BCUT2D eigenvalue weighted by Crippen LogP contribution is 2.32. The van der Waals surface area contributed by atoms with E-state index in [4.69, 9.17) is 13.9 Å². The van der Waals surface area contributed by atoms with Crippen molar-refractivity contribution in [2.45, 2.75) is 20.8 Å². The summed E-state index contributed by atoms with van der Waals surface area (Å²) < 4.78 is 15.9. The number of fused-ring (bicyclic) bond motifs is 1. The summed E-state index contributed by atoms with van der Waals surface area (Å²) in [5.41, 5.74) is 2.70. The topological polar surface area (TPSA) is 65.7 Å². The number of hydrogen-bond acceptors (Lipinski definition) is 5. The zero-order chi connectivity index (χ0) is 18.1. The van der Waals surface area contributed by atoms with Crippen LogP contribution in [0, 0.1) is 13.8 Å². The van der Waals surface area contributed by atoms with E-state index in [9.17, 15) is 9.59 Å². The lowest BCUT2D eigenvalue weighted by Crippen LogP contribution is -2.08. The van der Waals surface area contributed by atoms with E-state index in [1.807, 2.05) is 19.1 Å². The summed E-state index contributed by atoms with van der Waals surface area (Å²) in [7, 11) is 1.59. The number of esters is 1. The third-order valence-electron chi connectivity index (χ3n) is 4.17. The zero-order valence-electron chi connectivity index (χ0n) is 14.5. The second-order valence-corrected chi connectivity index (χ2v) is 5.78. The molecule has 25 heavy (non-hydrogen) atoms. The van der Waals surface area contributed by atoms with Crippen LogP contribution in [0.3, 0.4) is 0 Å². The molecule has 1 heterocycles. The molecule has 3 rings (SSSR count). The van der Waals surface area contributed by atoms with Crippen LogP contribution in [0.15, 0.2) is 45.6 Å². The van der Waals surface area contributed by atoms with E-state index in [0.717, 1.165) is 16.5 Å². The van der Waals surface area contributed by atoms with Gasteiger partial charge in [-0.15, -0.1) is 0 Å². The van der Waals surface area contributed by atoms with Crippen molar-refractivity contribution in [1.82, 2.24) is 0 Å². The smallest absolute Gasteiger partial charge is 0.344 e. The molecule has 0 saturated heterocycles. The Morgan fingerprint density at radius 3 is 2.28 bits per heavy atom. The molecule has 2 aromatic carbocycles. The van der Waals surface area contributed by atoms with Crippen molar-refractivity contribution in [3.05, 3.63) is 57.9 Å². The van der Waals surface area contributed by atoms with Crippen LogP contribution in [0.1, 0.15) is 18.1 Å². The van der Waals surface area contributed by atoms with Crippen molar-refractivity contribution in [3.63, 3.8) is 0 Å². The first-order valence-corrected chi connectivity index (χ1v) is 7.82. The van der Waals surface area contributed by atoms with Gasteiger partial charge in [0.15, 0.2) is 0 Å². The molecule has 0 aliphatic heterocycles. The Kier molecular flexibility index (Phi) is 4.31. The summed E-state index contributed by atoms with van der Waals surface area (Å²) in [6, 6.07) is 10.8. The molecule has 5 heteroatoms. The van der Waals surface area contributed by atoms with Gasteiger partial charge in [0.2, 0.25) is 0 Å². The molecular weight excluding hydrogens is 320 g/mol. The van der Waals surface area contributed by atoms with Crippen LogP contribution in [0.2, 0.25) is 0 Å². The fraction of sp³-hybridized carbons (Fsp3) is 0.200. The minimum absolute atomic E-state index is 0.389. The fourth-order valence-corrected chi connectivity index (χ4v) is 2.89. The van der Waals surface area contributed by atoms with Crippen molar-refractivity contribution in [2.24, 2.45) is 0 Å². The second kappa shape index (κ2) is 6.43. The van der Waals surface area contributed by atoms with Gasteiger partial charge >= 0.3 is 11.6 Å². The Bertz CT molecular complexity index is 1010. The predicted molar refractivity (Wildman–Crippen MR) is 95.3 cm³/mol. The summed E-state index contributed by atoms with van der Waals surface area (Å²) in [5.74, 6) is 0.685. The third-order valence-corrected chi connectivity index (χ3v) is 4.17. The molecule has 0 radical (unpaired) electrons. The van der Waals surface area contributed by atoms with Gasteiger partial charge < -0.3 is 13.9 Å². The van der Waals surface area contributed by atoms with Crippen LogP contribution in [0.4, 0.5) is 0 Å². The number of hydrogen-bond donors (Lipinski definition) is 0. The van der Waals surface area contributed by atoms with Gasteiger partial charge in [-0.05, 0) is 49.2 Å². The molecule has 0 spiro atoms. The van der Waals surface area contributed by atoms with Gasteiger partial charge in [0.1, 0.15) is 17.1 Å². The highest BCUT2D eigenvalue weighted by Gasteiger charge is 2.17. The standard InChI is InChI=1S/C20H18O5/c1-11-16-9-10-17(24-13(3)21)12(2)19(16)25-20(22)18(11)14-5-7-15(23-4)8-6-14/h5-10H,1-4H3. The molecule has 128 valence electrons. The number of carbonyl (C=O) groups is 1. The molecule has 3 aromatic rings. The van der Waals surface area contributed by atoms with Crippen LogP contribution < -0.4 is 15.1 Å². The van der Waals surface area contributed by atoms with Crippen LogP contribution in [-0.4, -0.2) is 13.1 Å². The monoisotopic (exact) mass is 338 g/mol. The van der Waals surface area contributed by atoms with Crippen LogP contribution in [0.25, 0.3) is 22.1 Å². The van der Waals surface area contributed by atoms with Crippen molar-refractivity contribution >= 4 is 16.9 Å². The van der Waals surface area contributed by atoms with E-state index < -0.39 is 11.6 Å². The number of methoxy groups -OCH3 is 1. The first-order chi connectivity index (χ1) is 11.9. The van der Waals surface area contributed by atoms with Gasteiger partial charge in [0.25, 0.3) is 0 Å². The van der Waals surface area contributed by atoms with Crippen molar-refractivity contribution in [1.29, 1.82) is 0 Å². The minimum atomic E-state index is -0.432. The molecule has 0 saturated carbocycles. The lowest BCUT2D eigenvalue weighted by atomic mass is 9.98. The first kappa shape index (κ1) is 16.8. The number of ether oxygens (including phenoxy) is 2. The molecule has 1 aromatic heterocycles. The van der Waals surface area contributed by atoms with Gasteiger partial charge in [-0.1, -0.05) is 12.1 Å². The molecule has 5 nitrogen and oxygen atoms in total. The molecule has 0 atom stereocenters. The highest BCUT2D eigenvalue weighted by atomic mass is 16.5. The minimum Gasteiger partial charge on any atom is -0.497 e.